The zero-order chi connectivity index (χ0) is 26.5. The summed E-state index contributed by atoms with van der Waals surface area (Å²) in [7, 11) is -3.25. The molecule has 198 valence electrons. The van der Waals surface area contributed by atoms with Crippen LogP contribution in [0.1, 0.15) is 6.42 Å². The molecule has 1 aliphatic carbocycles. The van der Waals surface area contributed by atoms with Gasteiger partial charge in [0.25, 0.3) is 5.91 Å². The van der Waals surface area contributed by atoms with Crippen molar-refractivity contribution in [1.29, 1.82) is 0 Å². The molecule has 1 aromatic rings. The lowest BCUT2D eigenvalue weighted by atomic mass is 10.1. The molecule has 1 unspecified atom stereocenters. The summed E-state index contributed by atoms with van der Waals surface area (Å²) in [5.74, 6) is -4.47. The average Bonchev–Trinajstić information content (AvgIpc) is 2.86. The summed E-state index contributed by atoms with van der Waals surface area (Å²) in [6, 6.07) is -0.458. The van der Waals surface area contributed by atoms with Gasteiger partial charge in [-0.25, -0.2) is 27.5 Å². The van der Waals surface area contributed by atoms with Crippen LogP contribution in [0.15, 0.2) is 40.3 Å². The Bertz CT molecular complexity index is 1140. The third kappa shape index (κ3) is 6.31. The topological polar surface area (TPSA) is 135 Å². The van der Waals surface area contributed by atoms with Crippen LogP contribution < -0.4 is 10.2 Å². The predicted octanol–water partition coefficient (Wildman–Crippen LogP) is 1.76. The van der Waals surface area contributed by atoms with E-state index in [1.807, 2.05) is 0 Å². The molecule has 3 rings (SSSR count). The van der Waals surface area contributed by atoms with Crippen molar-refractivity contribution in [3.05, 3.63) is 47.0 Å². The number of sulfonamides is 1. The number of piperazine rings is 1. The van der Waals surface area contributed by atoms with E-state index < -0.39 is 69.5 Å². The number of hydrogen-bond donors (Lipinski definition) is 2. The van der Waals surface area contributed by atoms with E-state index in [-0.39, 0.29) is 26.2 Å². The van der Waals surface area contributed by atoms with E-state index in [1.165, 1.54) is 24.7 Å². The molecule has 11 nitrogen and oxygen atoms in total. The van der Waals surface area contributed by atoms with Gasteiger partial charge in [-0.15, -0.1) is 0 Å². The Kier molecular flexibility index (Phi) is 9.24. The first-order valence-electron chi connectivity index (χ1n) is 10.6. The van der Waals surface area contributed by atoms with Gasteiger partial charge in [0, 0.05) is 38.2 Å². The molecule has 1 aliphatic heterocycles. The highest BCUT2D eigenvalue weighted by Crippen LogP contribution is 2.31. The smallest absolute Gasteiger partial charge is 0.409 e. The molecule has 1 aromatic carbocycles. The van der Waals surface area contributed by atoms with Gasteiger partial charge in [0.2, 0.25) is 10.0 Å². The minimum absolute atomic E-state index is 0.0718. The van der Waals surface area contributed by atoms with E-state index in [2.05, 4.69) is 0 Å². The van der Waals surface area contributed by atoms with Crippen molar-refractivity contribution in [2.45, 2.75) is 23.5 Å². The van der Waals surface area contributed by atoms with Gasteiger partial charge < -0.3 is 19.1 Å². The SMILES string of the molecule is COCCOC(=O)N1CCN(S(=O)(=O)c2cc(F)c(OC3C=CC(Cl)=CC3)c(F)c2)[C@@H](C(=O)NO)C1. The van der Waals surface area contributed by atoms with Crippen LogP contribution in [0.3, 0.4) is 0 Å². The summed E-state index contributed by atoms with van der Waals surface area (Å²) in [5, 5.41) is 9.56. The van der Waals surface area contributed by atoms with Crippen LogP contribution >= 0.6 is 11.6 Å². The van der Waals surface area contributed by atoms with Crippen molar-refractivity contribution in [3.63, 3.8) is 0 Å². The third-order valence-electron chi connectivity index (χ3n) is 5.38. The lowest BCUT2D eigenvalue weighted by Crippen LogP contribution is -2.61. The second-order valence-corrected chi connectivity index (χ2v) is 10.0. The number of carbonyl (C=O) groups excluding carboxylic acids is 2. The third-order valence-corrected chi connectivity index (χ3v) is 7.54. The molecular formula is C21H24ClF2N3O8S. The van der Waals surface area contributed by atoms with Crippen molar-refractivity contribution in [3.8, 4) is 5.75 Å². The quantitative estimate of drug-likeness (QED) is 0.283. The van der Waals surface area contributed by atoms with Crippen LogP contribution in [0.5, 0.6) is 5.75 Å². The Labute approximate surface area is 210 Å². The average molecular weight is 552 g/mol. The van der Waals surface area contributed by atoms with Crippen molar-refractivity contribution >= 4 is 33.6 Å². The maximum atomic E-state index is 14.8. The molecule has 0 saturated carbocycles. The number of ether oxygens (including phenoxy) is 3. The summed E-state index contributed by atoms with van der Waals surface area (Å²) >= 11 is 5.81. The first kappa shape index (κ1) is 27.8. The van der Waals surface area contributed by atoms with E-state index in [0.29, 0.717) is 21.5 Å². The van der Waals surface area contributed by atoms with Gasteiger partial charge in [0.1, 0.15) is 18.8 Å². The number of carbonyl (C=O) groups is 2. The molecule has 36 heavy (non-hydrogen) atoms. The predicted molar refractivity (Wildman–Crippen MR) is 121 cm³/mol. The normalized spacial score (nSPS) is 20.6. The molecule has 1 heterocycles. The molecule has 1 fully saturated rings. The largest absolute Gasteiger partial charge is 0.480 e. The number of methoxy groups -OCH3 is 1. The van der Waals surface area contributed by atoms with Gasteiger partial charge in [-0.3, -0.25) is 10.0 Å². The fourth-order valence-electron chi connectivity index (χ4n) is 3.56. The fourth-order valence-corrected chi connectivity index (χ4v) is 5.32. The van der Waals surface area contributed by atoms with Gasteiger partial charge in [-0.1, -0.05) is 17.7 Å². The van der Waals surface area contributed by atoms with Crippen LogP contribution in [0.4, 0.5) is 13.6 Å². The molecule has 2 N–H and O–H groups in total. The summed E-state index contributed by atoms with van der Waals surface area (Å²) in [6.45, 7) is -1.03. The lowest BCUT2D eigenvalue weighted by Gasteiger charge is -2.38. The first-order valence-corrected chi connectivity index (χ1v) is 12.5. The van der Waals surface area contributed by atoms with E-state index in [1.54, 1.807) is 6.08 Å². The standard InChI is InChI=1S/C21H24ClF2N3O8S/c1-33-8-9-34-21(29)26-6-7-27(18(12-26)20(28)25-30)36(31,32)15-10-16(23)19(17(24)11-15)35-14-4-2-13(22)3-5-14/h2-4,10-11,14,18,30H,5-9,12H2,1H3,(H,25,28)/t14?,18-/m1/s1. The Balaban J connectivity index is 1.82. The molecule has 0 aromatic heterocycles. The second-order valence-electron chi connectivity index (χ2n) is 7.72. The van der Waals surface area contributed by atoms with Crippen LogP contribution in [0.25, 0.3) is 0 Å². The van der Waals surface area contributed by atoms with E-state index in [0.717, 1.165) is 4.90 Å². The number of amides is 2. The highest BCUT2D eigenvalue weighted by molar-refractivity contribution is 7.89. The minimum atomic E-state index is -4.65. The van der Waals surface area contributed by atoms with Crippen LogP contribution in [0.2, 0.25) is 0 Å². The second kappa shape index (κ2) is 12.0. The highest BCUT2D eigenvalue weighted by atomic mass is 35.5. The van der Waals surface area contributed by atoms with Crippen LogP contribution in [-0.4, -0.2) is 86.9 Å². The molecule has 15 heteroatoms. The number of hydrogen-bond acceptors (Lipinski definition) is 8. The maximum Gasteiger partial charge on any atom is 0.409 e. The molecule has 1 saturated heterocycles. The van der Waals surface area contributed by atoms with Gasteiger partial charge >= 0.3 is 6.09 Å². The van der Waals surface area contributed by atoms with E-state index >= 15 is 0 Å². The Morgan fingerprint density at radius 2 is 1.92 bits per heavy atom. The number of benzene rings is 1. The zero-order valence-electron chi connectivity index (χ0n) is 19.0. The molecule has 0 radical (unpaired) electrons. The van der Waals surface area contributed by atoms with E-state index in [9.17, 15) is 26.8 Å². The van der Waals surface area contributed by atoms with Gasteiger partial charge in [-0.05, 0) is 24.3 Å². The molecule has 2 atom stereocenters. The monoisotopic (exact) mass is 551 g/mol. The molecule has 2 amide bonds. The summed E-state index contributed by atoms with van der Waals surface area (Å²) in [5.41, 5.74) is 1.35. The van der Waals surface area contributed by atoms with Crippen LogP contribution in [0, 0.1) is 11.6 Å². The number of halogens is 3. The van der Waals surface area contributed by atoms with Crippen molar-refractivity contribution in [2.24, 2.45) is 0 Å². The summed E-state index contributed by atoms with van der Waals surface area (Å²) < 4.78 is 71.8. The minimum Gasteiger partial charge on any atom is -0.480 e. The van der Waals surface area contributed by atoms with Crippen LogP contribution in [-0.2, 0) is 24.3 Å². The molecule has 2 aliphatic rings. The van der Waals surface area contributed by atoms with Crippen molar-refractivity contribution < 1.29 is 46.2 Å². The fraction of sp³-hybridized carbons (Fsp3) is 0.429. The van der Waals surface area contributed by atoms with Gasteiger partial charge in [0.15, 0.2) is 17.4 Å². The van der Waals surface area contributed by atoms with Gasteiger partial charge in [0.05, 0.1) is 11.5 Å². The van der Waals surface area contributed by atoms with Crippen molar-refractivity contribution in [2.75, 3.05) is 40.0 Å². The first-order chi connectivity index (χ1) is 17.1. The van der Waals surface area contributed by atoms with E-state index in [4.69, 9.17) is 31.0 Å². The maximum absolute atomic E-state index is 14.8. The summed E-state index contributed by atoms with van der Waals surface area (Å²) in [4.78, 5) is 24.8. The Morgan fingerprint density at radius 3 is 2.50 bits per heavy atom. The van der Waals surface area contributed by atoms with Gasteiger partial charge in [-0.2, -0.15) is 4.31 Å². The summed E-state index contributed by atoms with van der Waals surface area (Å²) in [6.07, 6.45) is 3.32. The Hall–Kier alpha value is -2.78. The highest BCUT2D eigenvalue weighted by Gasteiger charge is 2.42. The molecule has 0 bridgehead atoms. The van der Waals surface area contributed by atoms with Crippen molar-refractivity contribution in [1.82, 2.24) is 14.7 Å². The Morgan fingerprint density at radius 1 is 1.22 bits per heavy atom. The number of hydroxylamine groups is 1. The molecule has 0 spiro atoms. The zero-order valence-corrected chi connectivity index (χ0v) is 20.6. The number of allylic oxidation sites excluding steroid dienone is 2. The number of nitrogens with zero attached hydrogens (tertiary/aromatic N) is 2. The number of rotatable bonds is 8. The molecular weight excluding hydrogens is 528 g/mol. The number of nitrogens with one attached hydrogen (secondary N) is 1. The lowest BCUT2D eigenvalue weighted by molar-refractivity contribution is -0.134.